The van der Waals surface area contributed by atoms with E-state index in [4.69, 9.17) is 9.47 Å². The second-order valence-electron chi connectivity index (χ2n) is 5.16. The average Bonchev–Trinajstić information content (AvgIpc) is 2.57. The summed E-state index contributed by atoms with van der Waals surface area (Å²) in [6.07, 6.45) is 3.13. The molecule has 0 fully saturated rings. The molecule has 0 spiro atoms. The lowest BCUT2D eigenvalue weighted by Crippen LogP contribution is -2.01. The number of carbonyl (C=O) groups excluding carboxylic acids is 1. The van der Waals surface area contributed by atoms with Gasteiger partial charge in [-0.2, -0.15) is 0 Å². The van der Waals surface area contributed by atoms with Crippen molar-refractivity contribution >= 4 is 11.5 Å². The van der Waals surface area contributed by atoms with Crippen LogP contribution in [0.1, 0.15) is 21.5 Å². The molecule has 0 unspecified atom stereocenters. The Hall–Kier alpha value is -2.75. The summed E-state index contributed by atoms with van der Waals surface area (Å²) in [7, 11) is 3.10. The van der Waals surface area contributed by atoms with Crippen LogP contribution in [-0.2, 0) is 0 Å². The molecule has 0 amide bonds. The monoisotopic (exact) mass is 311 g/mol. The van der Waals surface area contributed by atoms with Crippen LogP contribution in [0.2, 0.25) is 0 Å². The first-order valence-electron chi connectivity index (χ1n) is 7.32. The number of ether oxygens (including phenoxy) is 2. The number of hydrogen-bond donors (Lipinski definition) is 1. The number of allylic oxidation sites excluding steroid dienone is 1. The van der Waals surface area contributed by atoms with Crippen LogP contribution >= 0.6 is 0 Å². The van der Waals surface area contributed by atoms with Gasteiger partial charge in [-0.3, -0.25) is 4.79 Å². The lowest BCUT2D eigenvalue weighted by atomic mass is 10.1. The van der Waals surface area contributed by atoms with Gasteiger partial charge in [-0.05, 0) is 49.2 Å². The van der Waals surface area contributed by atoms with Crippen molar-refractivity contribution in [2.24, 2.45) is 0 Å². The molecular formula is C19H21NO3. The first kappa shape index (κ1) is 16.6. The Morgan fingerprint density at radius 2 is 1.87 bits per heavy atom. The van der Waals surface area contributed by atoms with Crippen molar-refractivity contribution < 1.29 is 14.3 Å². The molecule has 0 radical (unpaired) electrons. The highest BCUT2D eigenvalue weighted by molar-refractivity contribution is 6.07. The van der Waals surface area contributed by atoms with Crippen molar-refractivity contribution in [2.45, 2.75) is 13.8 Å². The van der Waals surface area contributed by atoms with E-state index in [0.29, 0.717) is 17.1 Å². The molecule has 4 nitrogen and oxygen atoms in total. The molecule has 120 valence electrons. The van der Waals surface area contributed by atoms with Gasteiger partial charge in [-0.1, -0.05) is 12.1 Å². The smallest absolute Gasteiger partial charge is 0.191 e. The Bertz CT molecular complexity index is 735. The third-order valence-electron chi connectivity index (χ3n) is 3.75. The molecule has 0 aliphatic carbocycles. The lowest BCUT2D eigenvalue weighted by molar-refractivity contribution is 0.104. The molecule has 0 bridgehead atoms. The van der Waals surface area contributed by atoms with Gasteiger partial charge in [-0.25, -0.2) is 0 Å². The maximum Gasteiger partial charge on any atom is 0.191 e. The maximum absolute atomic E-state index is 12.4. The molecule has 2 aromatic rings. The quantitative estimate of drug-likeness (QED) is 0.643. The summed E-state index contributed by atoms with van der Waals surface area (Å²) in [6, 6.07) is 11.2. The highest BCUT2D eigenvalue weighted by atomic mass is 16.5. The zero-order valence-electron chi connectivity index (χ0n) is 13.8. The Morgan fingerprint density at radius 1 is 1.09 bits per heavy atom. The van der Waals surface area contributed by atoms with Gasteiger partial charge in [0.1, 0.15) is 11.5 Å². The van der Waals surface area contributed by atoms with Crippen LogP contribution in [0, 0.1) is 13.8 Å². The molecule has 23 heavy (non-hydrogen) atoms. The van der Waals surface area contributed by atoms with Crippen molar-refractivity contribution in [1.29, 1.82) is 0 Å². The second kappa shape index (κ2) is 7.49. The number of nitrogens with one attached hydrogen (secondary N) is 1. The molecule has 0 saturated heterocycles. The molecule has 0 aromatic heterocycles. The van der Waals surface area contributed by atoms with Crippen molar-refractivity contribution in [2.75, 3.05) is 19.5 Å². The van der Waals surface area contributed by atoms with E-state index in [9.17, 15) is 4.79 Å². The summed E-state index contributed by atoms with van der Waals surface area (Å²) < 4.78 is 10.4. The molecule has 0 aliphatic heterocycles. The van der Waals surface area contributed by atoms with Crippen LogP contribution in [-0.4, -0.2) is 20.0 Å². The zero-order chi connectivity index (χ0) is 16.8. The molecule has 4 heteroatoms. The SMILES string of the molecule is COc1ccc(OC)c(C(=O)C=CNc2cccc(C)c2C)c1. The van der Waals surface area contributed by atoms with Gasteiger partial charge < -0.3 is 14.8 Å². The molecular weight excluding hydrogens is 290 g/mol. The third kappa shape index (κ3) is 3.92. The largest absolute Gasteiger partial charge is 0.497 e. The minimum atomic E-state index is -0.154. The molecule has 0 saturated carbocycles. The van der Waals surface area contributed by atoms with Gasteiger partial charge in [0, 0.05) is 18.0 Å². The highest BCUT2D eigenvalue weighted by Crippen LogP contribution is 2.25. The van der Waals surface area contributed by atoms with Gasteiger partial charge in [0.2, 0.25) is 0 Å². The van der Waals surface area contributed by atoms with Gasteiger partial charge in [0.25, 0.3) is 0 Å². The maximum atomic E-state index is 12.4. The average molecular weight is 311 g/mol. The van der Waals surface area contributed by atoms with Gasteiger partial charge in [0.05, 0.1) is 19.8 Å². The molecule has 1 N–H and O–H groups in total. The van der Waals surface area contributed by atoms with E-state index in [2.05, 4.69) is 18.3 Å². The van der Waals surface area contributed by atoms with E-state index in [1.165, 1.54) is 18.7 Å². The number of rotatable bonds is 6. The van der Waals surface area contributed by atoms with Crippen molar-refractivity contribution in [3.05, 3.63) is 65.4 Å². The Balaban J connectivity index is 2.17. The highest BCUT2D eigenvalue weighted by Gasteiger charge is 2.11. The number of benzene rings is 2. The zero-order valence-corrected chi connectivity index (χ0v) is 13.8. The van der Waals surface area contributed by atoms with E-state index in [0.717, 1.165) is 11.3 Å². The second-order valence-corrected chi connectivity index (χ2v) is 5.16. The summed E-state index contributed by atoms with van der Waals surface area (Å²) in [5.74, 6) is 0.982. The Labute approximate surface area is 136 Å². The van der Waals surface area contributed by atoms with E-state index in [1.54, 1.807) is 31.5 Å². The predicted octanol–water partition coefficient (Wildman–Crippen LogP) is 4.13. The molecule has 0 atom stereocenters. The number of anilines is 1. The third-order valence-corrected chi connectivity index (χ3v) is 3.75. The summed E-state index contributed by atoms with van der Waals surface area (Å²) >= 11 is 0. The van der Waals surface area contributed by atoms with Crippen molar-refractivity contribution in [3.63, 3.8) is 0 Å². The van der Waals surface area contributed by atoms with Crippen molar-refractivity contribution in [1.82, 2.24) is 0 Å². The summed E-state index contributed by atoms with van der Waals surface area (Å²) in [6.45, 7) is 4.09. The predicted molar refractivity (Wildman–Crippen MR) is 92.6 cm³/mol. The fourth-order valence-electron chi connectivity index (χ4n) is 2.21. The van der Waals surface area contributed by atoms with Crippen LogP contribution in [0.25, 0.3) is 0 Å². The minimum Gasteiger partial charge on any atom is -0.497 e. The molecule has 0 heterocycles. The fourth-order valence-corrected chi connectivity index (χ4v) is 2.21. The topological polar surface area (TPSA) is 47.6 Å². The molecule has 2 aromatic carbocycles. The first-order valence-corrected chi connectivity index (χ1v) is 7.32. The van der Waals surface area contributed by atoms with E-state index in [-0.39, 0.29) is 5.78 Å². The Morgan fingerprint density at radius 3 is 2.57 bits per heavy atom. The number of carbonyl (C=O) groups is 1. The van der Waals surface area contributed by atoms with Gasteiger partial charge >= 0.3 is 0 Å². The van der Waals surface area contributed by atoms with Gasteiger partial charge in [-0.15, -0.1) is 0 Å². The van der Waals surface area contributed by atoms with E-state index < -0.39 is 0 Å². The number of methoxy groups -OCH3 is 2. The van der Waals surface area contributed by atoms with Crippen LogP contribution in [0.5, 0.6) is 11.5 Å². The fraction of sp³-hybridized carbons (Fsp3) is 0.211. The summed E-state index contributed by atoms with van der Waals surface area (Å²) in [5.41, 5.74) is 3.80. The Kier molecular flexibility index (Phi) is 5.41. The molecule has 0 aliphatic rings. The summed E-state index contributed by atoms with van der Waals surface area (Å²) in [4.78, 5) is 12.4. The first-order chi connectivity index (χ1) is 11.1. The van der Waals surface area contributed by atoms with Crippen molar-refractivity contribution in [3.8, 4) is 11.5 Å². The number of aryl methyl sites for hydroxylation is 1. The number of hydrogen-bond acceptors (Lipinski definition) is 4. The molecule has 2 rings (SSSR count). The van der Waals surface area contributed by atoms with Gasteiger partial charge in [0.15, 0.2) is 5.78 Å². The van der Waals surface area contributed by atoms with Crippen LogP contribution in [0.15, 0.2) is 48.7 Å². The normalized spacial score (nSPS) is 10.6. The van der Waals surface area contributed by atoms with Crippen LogP contribution < -0.4 is 14.8 Å². The van der Waals surface area contributed by atoms with Crippen LogP contribution in [0.3, 0.4) is 0 Å². The lowest BCUT2D eigenvalue weighted by Gasteiger charge is -2.09. The minimum absolute atomic E-state index is 0.154. The summed E-state index contributed by atoms with van der Waals surface area (Å²) in [5, 5.41) is 3.15. The van der Waals surface area contributed by atoms with Crippen LogP contribution in [0.4, 0.5) is 5.69 Å². The number of ketones is 1. The van der Waals surface area contributed by atoms with E-state index in [1.807, 2.05) is 19.1 Å². The standard InChI is InChI=1S/C19H21NO3/c1-13-6-5-7-17(14(13)2)20-11-10-18(21)16-12-15(22-3)8-9-19(16)23-4/h5-12,20H,1-4H3. The van der Waals surface area contributed by atoms with E-state index >= 15 is 0 Å².